The number of urea groups is 1. The third kappa shape index (κ3) is 4.88. The van der Waals surface area contributed by atoms with Crippen LogP contribution < -0.4 is 10.6 Å². The van der Waals surface area contributed by atoms with Gasteiger partial charge in [-0.05, 0) is 25.7 Å². The molecule has 0 aromatic carbocycles. The van der Waals surface area contributed by atoms with E-state index >= 15 is 0 Å². The fourth-order valence-corrected chi connectivity index (χ4v) is 4.34. The molecule has 0 radical (unpaired) electrons. The first kappa shape index (κ1) is 20.3. The predicted octanol–water partition coefficient (Wildman–Crippen LogP) is 0.863. The van der Waals surface area contributed by atoms with E-state index in [1.54, 1.807) is 0 Å². The number of ether oxygens (including phenoxy) is 1. The smallest absolute Gasteiger partial charge is 0.326 e. The molecule has 3 rings (SSSR count). The zero-order chi connectivity index (χ0) is 20.1. The maximum absolute atomic E-state index is 12.3. The van der Waals surface area contributed by atoms with Gasteiger partial charge >= 0.3 is 12.0 Å². The molecule has 0 aromatic rings. The van der Waals surface area contributed by atoms with Gasteiger partial charge in [-0.15, -0.1) is 0 Å². The molecule has 3 fully saturated rings. The Hall–Kier alpha value is -2.45. The van der Waals surface area contributed by atoms with E-state index in [0.717, 1.165) is 49.8 Å². The molecular formula is C19H27N3O6. The van der Waals surface area contributed by atoms with Crippen molar-refractivity contribution in [3.05, 3.63) is 0 Å². The lowest BCUT2D eigenvalue weighted by Gasteiger charge is -2.22. The Morgan fingerprint density at radius 1 is 0.893 bits per heavy atom. The number of hydrogen-bond donors (Lipinski definition) is 2. The molecule has 0 spiro atoms. The van der Waals surface area contributed by atoms with Crippen LogP contribution in [0.3, 0.4) is 0 Å². The summed E-state index contributed by atoms with van der Waals surface area (Å²) in [5.74, 6) is -2.93. The number of carbonyl (C=O) groups is 5. The van der Waals surface area contributed by atoms with E-state index in [2.05, 4.69) is 10.6 Å². The number of carbonyl (C=O) groups excluding carboxylic acids is 5. The van der Waals surface area contributed by atoms with Crippen LogP contribution >= 0.6 is 0 Å². The first-order chi connectivity index (χ1) is 13.5. The number of likely N-dealkylation sites (tertiary alicyclic amines) is 1. The van der Waals surface area contributed by atoms with Crippen LogP contribution in [0, 0.1) is 11.8 Å². The van der Waals surface area contributed by atoms with Crippen LogP contribution in [-0.2, 0) is 23.9 Å². The molecule has 0 unspecified atom stereocenters. The van der Waals surface area contributed by atoms with Gasteiger partial charge in [0.15, 0.2) is 6.61 Å². The van der Waals surface area contributed by atoms with Gasteiger partial charge in [0.1, 0.15) is 6.54 Å². The Bertz CT molecular complexity index is 634. The molecular weight excluding hydrogens is 366 g/mol. The van der Waals surface area contributed by atoms with Gasteiger partial charge in [-0.25, -0.2) is 4.79 Å². The van der Waals surface area contributed by atoms with Crippen molar-refractivity contribution < 1.29 is 28.7 Å². The summed E-state index contributed by atoms with van der Waals surface area (Å²) in [5.41, 5.74) is 0. The van der Waals surface area contributed by atoms with Gasteiger partial charge < -0.3 is 10.1 Å². The van der Waals surface area contributed by atoms with E-state index in [1.165, 1.54) is 0 Å². The number of nitrogens with one attached hydrogen (secondary N) is 2. The van der Waals surface area contributed by atoms with E-state index in [4.69, 9.17) is 4.74 Å². The lowest BCUT2D eigenvalue weighted by Crippen LogP contribution is -2.46. The van der Waals surface area contributed by atoms with Gasteiger partial charge in [0, 0.05) is 6.04 Å². The summed E-state index contributed by atoms with van der Waals surface area (Å²) < 4.78 is 4.83. The topological polar surface area (TPSA) is 122 Å². The first-order valence-corrected chi connectivity index (χ1v) is 10.1. The van der Waals surface area contributed by atoms with Crippen molar-refractivity contribution in [1.82, 2.24) is 15.5 Å². The van der Waals surface area contributed by atoms with Crippen LogP contribution in [0.25, 0.3) is 0 Å². The molecule has 0 aromatic heterocycles. The third-order valence-corrected chi connectivity index (χ3v) is 5.78. The number of rotatable bonds is 5. The molecule has 9 heteroatoms. The van der Waals surface area contributed by atoms with E-state index in [9.17, 15) is 24.0 Å². The zero-order valence-corrected chi connectivity index (χ0v) is 15.9. The zero-order valence-electron chi connectivity index (χ0n) is 15.9. The molecule has 9 nitrogen and oxygen atoms in total. The van der Waals surface area contributed by atoms with Crippen LogP contribution in [0.2, 0.25) is 0 Å². The number of nitrogens with zero attached hydrogens (tertiary/aromatic N) is 1. The number of imide groups is 2. The quantitative estimate of drug-likeness (QED) is 0.528. The Morgan fingerprint density at radius 3 is 2.07 bits per heavy atom. The van der Waals surface area contributed by atoms with Crippen molar-refractivity contribution in [3.63, 3.8) is 0 Å². The fourth-order valence-electron chi connectivity index (χ4n) is 4.34. The standard InChI is InChI=1S/C19H27N3O6/c23-15(21-19(27)20-12-6-2-1-3-7-12)11-28-16(24)10-22-17(25)13-8-4-5-9-14(13)18(22)26/h12-14H,1-11H2,(H2,20,21,23,27)/t13-,14+. The maximum atomic E-state index is 12.3. The van der Waals surface area contributed by atoms with Crippen LogP contribution in [0.1, 0.15) is 57.8 Å². The van der Waals surface area contributed by atoms with Gasteiger partial charge in [-0.2, -0.15) is 0 Å². The number of fused-ring (bicyclic) bond motifs is 1. The minimum Gasteiger partial charge on any atom is -0.454 e. The normalized spacial score (nSPS) is 25.2. The Morgan fingerprint density at radius 2 is 1.46 bits per heavy atom. The number of esters is 1. The van der Waals surface area contributed by atoms with Gasteiger partial charge in [0.2, 0.25) is 11.8 Å². The minimum atomic E-state index is -0.844. The van der Waals surface area contributed by atoms with Crippen LogP contribution in [0.5, 0.6) is 0 Å². The van der Waals surface area contributed by atoms with Crippen molar-refractivity contribution in [2.75, 3.05) is 13.2 Å². The second kappa shape index (κ2) is 9.16. The average Bonchev–Trinajstić information content (AvgIpc) is 2.92. The highest BCUT2D eigenvalue weighted by molar-refractivity contribution is 6.07. The van der Waals surface area contributed by atoms with Crippen LogP contribution in [0.15, 0.2) is 0 Å². The monoisotopic (exact) mass is 393 g/mol. The summed E-state index contributed by atoms with van der Waals surface area (Å²) in [6, 6.07) is -0.554. The summed E-state index contributed by atoms with van der Waals surface area (Å²) in [6.07, 6.45) is 8.16. The molecule has 2 N–H and O–H groups in total. The first-order valence-electron chi connectivity index (χ1n) is 10.1. The van der Waals surface area contributed by atoms with Crippen LogP contribution in [-0.4, -0.2) is 53.8 Å². The predicted molar refractivity (Wildman–Crippen MR) is 96.7 cm³/mol. The average molecular weight is 393 g/mol. The number of amides is 5. The Balaban J connectivity index is 1.39. The van der Waals surface area contributed by atoms with Crippen molar-refractivity contribution in [2.45, 2.75) is 63.8 Å². The molecule has 0 bridgehead atoms. The molecule has 2 aliphatic carbocycles. The molecule has 1 heterocycles. The van der Waals surface area contributed by atoms with Gasteiger partial charge in [-0.3, -0.25) is 29.4 Å². The molecule has 3 aliphatic rings. The molecule has 2 atom stereocenters. The fraction of sp³-hybridized carbons (Fsp3) is 0.737. The molecule has 2 saturated carbocycles. The molecule has 1 saturated heterocycles. The summed E-state index contributed by atoms with van der Waals surface area (Å²) >= 11 is 0. The Kier molecular flexibility index (Phi) is 6.64. The summed E-state index contributed by atoms with van der Waals surface area (Å²) in [6.45, 7) is -1.13. The minimum absolute atomic E-state index is 0.0554. The molecule has 1 aliphatic heterocycles. The van der Waals surface area contributed by atoms with Crippen molar-refractivity contribution >= 4 is 29.7 Å². The second-order valence-corrected chi connectivity index (χ2v) is 7.78. The largest absolute Gasteiger partial charge is 0.454 e. The number of hydrogen-bond acceptors (Lipinski definition) is 6. The molecule has 28 heavy (non-hydrogen) atoms. The highest BCUT2D eigenvalue weighted by atomic mass is 16.5. The lowest BCUT2D eigenvalue weighted by atomic mass is 9.81. The van der Waals surface area contributed by atoms with E-state index < -0.39 is 31.1 Å². The molecule has 5 amide bonds. The van der Waals surface area contributed by atoms with Gasteiger partial charge in [0.05, 0.1) is 11.8 Å². The lowest BCUT2D eigenvalue weighted by molar-refractivity contribution is -0.154. The SMILES string of the molecule is O=C(COC(=O)CN1C(=O)[C@H]2CCCC[C@H]2C1=O)NC(=O)NC1CCCCC1. The van der Waals surface area contributed by atoms with Crippen molar-refractivity contribution in [3.8, 4) is 0 Å². The van der Waals surface area contributed by atoms with Gasteiger partial charge in [-0.1, -0.05) is 32.1 Å². The highest BCUT2D eigenvalue weighted by Gasteiger charge is 2.48. The summed E-state index contributed by atoms with van der Waals surface area (Å²) in [7, 11) is 0. The summed E-state index contributed by atoms with van der Waals surface area (Å²) in [5, 5.41) is 4.85. The van der Waals surface area contributed by atoms with E-state index in [1.807, 2.05) is 0 Å². The van der Waals surface area contributed by atoms with E-state index in [-0.39, 0.29) is 29.7 Å². The van der Waals surface area contributed by atoms with Crippen LogP contribution in [0.4, 0.5) is 4.79 Å². The third-order valence-electron chi connectivity index (χ3n) is 5.78. The summed E-state index contributed by atoms with van der Waals surface area (Å²) in [4.78, 5) is 61.1. The Labute approximate surface area is 163 Å². The van der Waals surface area contributed by atoms with Crippen molar-refractivity contribution in [1.29, 1.82) is 0 Å². The van der Waals surface area contributed by atoms with E-state index in [0.29, 0.717) is 12.8 Å². The second-order valence-electron chi connectivity index (χ2n) is 7.78. The molecule has 154 valence electrons. The van der Waals surface area contributed by atoms with Gasteiger partial charge in [0.25, 0.3) is 5.91 Å². The highest BCUT2D eigenvalue weighted by Crippen LogP contribution is 2.37. The maximum Gasteiger partial charge on any atom is 0.326 e. The van der Waals surface area contributed by atoms with Crippen molar-refractivity contribution in [2.24, 2.45) is 11.8 Å².